The van der Waals surface area contributed by atoms with Gasteiger partial charge in [-0.3, -0.25) is 0 Å². The van der Waals surface area contributed by atoms with Crippen LogP contribution in [0.15, 0.2) is 53.7 Å². The Bertz CT molecular complexity index is 709. The van der Waals surface area contributed by atoms with Crippen molar-refractivity contribution < 1.29 is 9.60 Å². The van der Waals surface area contributed by atoms with Crippen LogP contribution in [0.25, 0.3) is 0 Å². The van der Waals surface area contributed by atoms with Gasteiger partial charge in [-0.1, -0.05) is 55.4 Å². The lowest BCUT2D eigenvalue weighted by molar-refractivity contribution is 0.307. The number of likely N-dealkylation sites (N-methyl/N-ethyl adjacent to an activating group) is 1. The van der Waals surface area contributed by atoms with Crippen LogP contribution >= 0.6 is 0 Å². The van der Waals surface area contributed by atoms with E-state index in [-0.39, 0.29) is 5.82 Å². The third-order valence-corrected chi connectivity index (χ3v) is 5.12. The third-order valence-electron chi connectivity index (χ3n) is 5.12. The van der Waals surface area contributed by atoms with Gasteiger partial charge in [0.1, 0.15) is 5.82 Å². The van der Waals surface area contributed by atoms with E-state index in [9.17, 15) is 9.60 Å². The molecule has 27 heavy (non-hydrogen) atoms. The van der Waals surface area contributed by atoms with Crippen molar-refractivity contribution in [2.75, 3.05) is 19.6 Å². The first kappa shape index (κ1) is 21.1. The van der Waals surface area contributed by atoms with Gasteiger partial charge in [-0.25, -0.2) is 4.39 Å². The van der Waals surface area contributed by atoms with E-state index in [1.807, 2.05) is 0 Å². The number of aryl methyl sites for hydroxylation is 1. The molecule has 0 unspecified atom stereocenters. The maximum atomic E-state index is 13.0. The molecular weight excluding hydrogens is 339 g/mol. The summed E-state index contributed by atoms with van der Waals surface area (Å²) in [4.78, 5) is 2.45. The molecule has 3 nitrogen and oxygen atoms in total. The zero-order valence-corrected chi connectivity index (χ0v) is 16.5. The number of benzene rings is 2. The molecule has 0 fully saturated rings. The Morgan fingerprint density at radius 2 is 1.56 bits per heavy atom. The van der Waals surface area contributed by atoms with Gasteiger partial charge in [-0.15, -0.1) is 0 Å². The molecule has 0 saturated carbocycles. The number of hydrogen-bond donors (Lipinski definition) is 1. The molecule has 0 amide bonds. The molecule has 0 heterocycles. The average Bonchev–Trinajstić information content (AvgIpc) is 2.70. The Balaban J connectivity index is 1.85. The molecule has 2 rings (SSSR count). The molecule has 0 bridgehead atoms. The van der Waals surface area contributed by atoms with E-state index in [2.05, 4.69) is 48.2 Å². The van der Waals surface area contributed by atoms with E-state index >= 15 is 0 Å². The summed E-state index contributed by atoms with van der Waals surface area (Å²) in [5.74, 6) is -0.280. The normalized spacial score (nSPS) is 11.9. The van der Waals surface area contributed by atoms with Gasteiger partial charge in [0.2, 0.25) is 0 Å². The zero-order valence-electron chi connectivity index (χ0n) is 16.5. The molecule has 0 saturated heterocycles. The first-order valence-corrected chi connectivity index (χ1v) is 9.93. The minimum absolute atomic E-state index is 0.280. The second kappa shape index (κ2) is 11.5. The highest BCUT2D eigenvalue weighted by Gasteiger charge is 2.07. The van der Waals surface area contributed by atoms with Crippen LogP contribution in [0.2, 0.25) is 0 Å². The summed E-state index contributed by atoms with van der Waals surface area (Å²) in [5.41, 5.74) is 4.23. The van der Waals surface area contributed by atoms with Gasteiger partial charge in [0, 0.05) is 6.54 Å². The Labute approximate surface area is 162 Å². The lowest BCUT2D eigenvalue weighted by atomic mass is 9.97. The first-order valence-electron chi connectivity index (χ1n) is 9.93. The van der Waals surface area contributed by atoms with Gasteiger partial charge < -0.3 is 10.1 Å². The highest BCUT2D eigenvalue weighted by molar-refractivity contribution is 6.00. The summed E-state index contributed by atoms with van der Waals surface area (Å²) in [5, 5.41) is 12.7. The van der Waals surface area contributed by atoms with E-state index in [1.165, 1.54) is 23.3 Å². The maximum Gasteiger partial charge on any atom is 0.123 e. The van der Waals surface area contributed by atoms with Gasteiger partial charge in [-0.2, -0.15) is 0 Å². The maximum absolute atomic E-state index is 13.0. The number of rotatable bonds is 11. The molecule has 2 aromatic rings. The van der Waals surface area contributed by atoms with E-state index in [4.69, 9.17) is 0 Å². The fourth-order valence-corrected chi connectivity index (χ4v) is 3.37. The largest absolute Gasteiger partial charge is 0.411 e. The third kappa shape index (κ3) is 6.79. The van der Waals surface area contributed by atoms with Crippen LogP contribution in [0.5, 0.6) is 0 Å². The number of oxime groups is 1. The van der Waals surface area contributed by atoms with Crippen LogP contribution in [0.1, 0.15) is 49.8 Å². The smallest absolute Gasteiger partial charge is 0.123 e. The molecule has 0 aliphatic heterocycles. The van der Waals surface area contributed by atoms with Gasteiger partial charge in [0.15, 0.2) is 0 Å². The Kier molecular flexibility index (Phi) is 8.99. The monoisotopic (exact) mass is 370 g/mol. The SMILES string of the molecule is CCN(CC)CCc1ccccc1CCCCC(=NO)c1ccc(F)cc1. The fourth-order valence-electron chi connectivity index (χ4n) is 3.37. The molecular formula is C23H31FN2O. The Morgan fingerprint density at radius 1 is 0.926 bits per heavy atom. The highest BCUT2D eigenvalue weighted by atomic mass is 19.1. The lowest BCUT2D eigenvalue weighted by Gasteiger charge is -2.19. The van der Waals surface area contributed by atoms with Crippen molar-refractivity contribution >= 4 is 5.71 Å². The first-order chi connectivity index (χ1) is 13.2. The molecule has 2 aromatic carbocycles. The fraction of sp³-hybridized carbons (Fsp3) is 0.435. The van der Waals surface area contributed by atoms with Gasteiger partial charge in [-0.05, 0) is 74.0 Å². The van der Waals surface area contributed by atoms with Crippen molar-refractivity contribution in [3.05, 3.63) is 71.0 Å². The Morgan fingerprint density at radius 3 is 2.15 bits per heavy atom. The van der Waals surface area contributed by atoms with Crippen molar-refractivity contribution in [2.45, 2.75) is 46.0 Å². The lowest BCUT2D eigenvalue weighted by Crippen LogP contribution is -2.25. The van der Waals surface area contributed by atoms with Crippen molar-refractivity contribution in [1.29, 1.82) is 0 Å². The van der Waals surface area contributed by atoms with Crippen LogP contribution in [-0.4, -0.2) is 35.5 Å². The minimum Gasteiger partial charge on any atom is -0.411 e. The standard InChI is InChI=1S/C23H31FN2O/c1-3-26(4-2)18-17-20-11-6-5-9-19(20)10-7-8-12-23(25-27)21-13-15-22(24)16-14-21/h5-6,9,11,13-16,27H,3-4,7-8,10,12,17-18H2,1-2H3. The zero-order chi connectivity index (χ0) is 19.5. The van der Waals surface area contributed by atoms with Crippen molar-refractivity contribution in [1.82, 2.24) is 4.90 Å². The molecule has 1 N–H and O–H groups in total. The molecule has 0 aromatic heterocycles. The summed E-state index contributed by atoms with van der Waals surface area (Å²) < 4.78 is 13.0. The minimum atomic E-state index is -0.280. The highest BCUT2D eigenvalue weighted by Crippen LogP contribution is 2.16. The van der Waals surface area contributed by atoms with Crippen LogP contribution in [0.3, 0.4) is 0 Å². The van der Waals surface area contributed by atoms with Crippen LogP contribution in [0.4, 0.5) is 4.39 Å². The van der Waals surface area contributed by atoms with Crippen LogP contribution < -0.4 is 0 Å². The summed E-state index contributed by atoms with van der Waals surface area (Å²) in [6, 6.07) is 14.8. The van der Waals surface area contributed by atoms with Gasteiger partial charge in [0.25, 0.3) is 0 Å². The van der Waals surface area contributed by atoms with E-state index in [0.29, 0.717) is 12.1 Å². The van der Waals surface area contributed by atoms with Gasteiger partial charge in [0.05, 0.1) is 5.71 Å². The predicted octanol–water partition coefficient (Wildman–Crippen LogP) is 5.30. The number of hydrogen-bond acceptors (Lipinski definition) is 3. The summed E-state index contributed by atoms with van der Waals surface area (Å²) in [6.45, 7) is 7.68. The molecule has 0 aliphatic carbocycles. The quantitative estimate of drug-likeness (QED) is 0.252. The van der Waals surface area contributed by atoms with E-state index < -0.39 is 0 Å². The second-order valence-corrected chi connectivity index (χ2v) is 6.81. The topological polar surface area (TPSA) is 35.8 Å². The molecule has 4 heteroatoms. The van der Waals surface area contributed by atoms with E-state index in [0.717, 1.165) is 50.9 Å². The molecule has 0 aliphatic rings. The van der Waals surface area contributed by atoms with Crippen LogP contribution in [-0.2, 0) is 12.8 Å². The number of halogens is 1. The second-order valence-electron chi connectivity index (χ2n) is 6.81. The number of unbranched alkanes of at least 4 members (excludes halogenated alkanes) is 1. The molecule has 0 spiro atoms. The average molecular weight is 371 g/mol. The van der Waals surface area contributed by atoms with Crippen molar-refractivity contribution in [3.8, 4) is 0 Å². The molecule has 0 radical (unpaired) electrons. The van der Waals surface area contributed by atoms with Crippen molar-refractivity contribution in [3.63, 3.8) is 0 Å². The summed E-state index contributed by atoms with van der Waals surface area (Å²) in [7, 11) is 0. The summed E-state index contributed by atoms with van der Waals surface area (Å²) >= 11 is 0. The van der Waals surface area contributed by atoms with Crippen molar-refractivity contribution in [2.24, 2.45) is 5.16 Å². The van der Waals surface area contributed by atoms with E-state index in [1.54, 1.807) is 12.1 Å². The number of nitrogens with zero attached hydrogens (tertiary/aromatic N) is 2. The molecule has 0 atom stereocenters. The van der Waals surface area contributed by atoms with Gasteiger partial charge >= 0.3 is 0 Å². The Hall–Kier alpha value is -2.20. The summed E-state index contributed by atoms with van der Waals surface area (Å²) in [6.07, 6.45) is 4.75. The molecule has 146 valence electrons. The van der Waals surface area contributed by atoms with Crippen LogP contribution in [0, 0.1) is 5.82 Å². The predicted molar refractivity (Wildman–Crippen MR) is 110 cm³/mol.